The molecule has 3 saturated heterocycles. The Kier molecular flexibility index (Phi) is 5.42. The largest absolute Gasteiger partial charge is 0.486 e. The summed E-state index contributed by atoms with van der Waals surface area (Å²) in [7, 11) is 0. The number of piperidine rings is 1. The Morgan fingerprint density at radius 3 is 2.58 bits per heavy atom. The lowest BCUT2D eigenvalue weighted by Gasteiger charge is -2.44. The number of carbonyl (C=O) groups excluding carboxylic acids is 1. The number of nitrogens with one attached hydrogen (secondary N) is 1. The van der Waals surface area contributed by atoms with Crippen LogP contribution in [0.2, 0.25) is 0 Å². The molecule has 8 heteroatoms. The second-order valence-corrected chi connectivity index (χ2v) is 10.4. The van der Waals surface area contributed by atoms with Gasteiger partial charge < -0.3 is 19.7 Å². The first-order valence-corrected chi connectivity index (χ1v) is 13.1. The highest BCUT2D eigenvalue weighted by Crippen LogP contribution is 2.39. The molecule has 2 aromatic carbocycles. The Hall–Kier alpha value is -3.39. The summed E-state index contributed by atoms with van der Waals surface area (Å²) >= 11 is 0. The van der Waals surface area contributed by atoms with Crippen LogP contribution in [0.4, 0.5) is 5.69 Å². The van der Waals surface area contributed by atoms with Crippen LogP contribution < -0.4 is 19.7 Å². The molecule has 0 spiro atoms. The molecule has 0 aliphatic carbocycles. The van der Waals surface area contributed by atoms with Gasteiger partial charge in [0.2, 0.25) is 5.91 Å². The molecule has 1 N–H and O–H groups in total. The highest BCUT2D eigenvalue weighted by molar-refractivity contribution is 5.83. The van der Waals surface area contributed by atoms with E-state index < -0.39 is 0 Å². The molecule has 186 valence electrons. The second-order valence-electron chi connectivity index (χ2n) is 10.4. The van der Waals surface area contributed by atoms with Crippen LogP contribution in [-0.2, 0) is 11.2 Å². The lowest BCUT2D eigenvalue weighted by atomic mass is 9.78. The molecule has 1 aromatic heterocycles. The Balaban J connectivity index is 1.17. The van der Waals surface area contributed by atoms with Crippen LogP contribution in [0.25, 0.3) is 11.0 Å². The van der Waals surface area contributed by atoms with E-state index in [1.807, 2.05) is 12.1 Å². The van der Waals surface area contributed by atoms with E-state index in [2.05, 4.69) is 49.4 Å². The Morgan fingerprint density at radius 2 is 1.72 bits per heavy atom. The number of ether oxygens (including phenoxy) is 2. The first-order valence-electron chi connectivity index (χ1n) is 13.1. The van der Waals surface area contributed by atoms with Crippen LogP contribution >= 0.6 is 0 Å². The number of hydrogen-bond donors (Lipinski definition) is 1. The third-order valence-electron chi connectivity index (χ3n) is 8.32. The van der Waals surface area contributed by atoms with Gasteiger partial charge in [-0.2, -0.15) is 0 Å². The van der Waals surface area contributed by atoms with Gasteiger partial charge in [-0.15, -0.1) is 0 Å². The predicted octanol–water partition coefficient (Wildman–Crippen LogP) is 2.66. The first kappa shape index (κ1) is 21.9. The van der Waals surface area contributed by atoms with Gasteiger partial charge in [0.1, 0.15) is 13.2 Å². The Morgan fingerprint density at radius 1 is 0.917 bits per heavy atom. The van der Waals surface area contributed by atoms with Gasteiger partial charge >= 0.3 is 0 Å². The molecule has 5 heterocycles. The summed E-state index contributed by atoms with van der Waals surface area (Å²) in [6.45, 7) is 4.99. The molecular weight excluding hydrogens is 454 g/mol. The van der Waals surface area contributed by atoms with E-state index in [9.17, 15) is 4.79 Å². The van der Waals surface area contributed by atoms with E-state index in [0.717, 1.165) is 60.8 Å². The number of rotatable bonds is 4. The zero-order chi connectivity index (χ0) is 24.1. The van der Waals surface area contributed by atoms with Gasteiger partial charge in [-0.05, 0) is 68.2 Å². The molecule has 1 amide bonds. The van der Waals surface area contributed by atoms with Crippen LogP contribution in [0.3, 0.4) is 0 Å². The summed E-state index contributed by atoms with van der Waals surface area (Å²) in [5, 5.41) is 3.44. The monoisotopic (exact) mass is 485 g/mol. The topological polar surface area (TPSA) is 79.8 Å². The highest BCUT2D eigenvalue weighted by atomic mass is 16.6. The molecule has 36 heavy (non-hydrogen) atoms. The lowest BCUT2D eigenvalue weighted by Crippen LogP contribution is -2.63. The van der Waals surface area contributed by atoms with Gasteiger partial charge in [0.05, 0.1) is 17.0 Å². The van der Waals surface area contributed by atoms with E-state index in [0.29, 0.717) is 19.3 Å². The fourth-order valence-electron chi connectivity index (χ4n) is 6.69. The lowest BCUT2D eigenvalue weighted by molar-refractivity contribution is -0.131. The standard InChI is InChI=1S/C28H31N5O3/c34-28-21-17-33(19-4-5-22-23(15-19)30-8-7-29-22)16-20(21)27(32-9-1-2-10-32)24(31-28)13-18-3-6-25-26(14-18)36-12-11-35-25/h3-8,14-15,20-21,24,27H,1-2,9-13,16-17H2,(H,31,34). The van der Waals surface area contributed by atoms with E-state index >= 15 is 0 Å². The van der Waals surface area contributed by atoms with Crippen molar-refractivity contribution in [3.05, 3.63) is 54.4 Å². The van der Waals surface area contributed by atoms with E-state index in [1.54, 1.807) is 12.4 Å². The molecule has 8 nitrogen and oxygen atoms in total. The SMILES string of the molecule is O=C1NC(Cc2ccc3c(c2)OCCO3)C(N2CCCC2)C2CN(c3ccc4nccnc4c3)CC12. The summed E-state index contributed by atoms with van der Waals surface area (Å²) in [6.07, 6.45) is 6.70. The summed E-state index contributed by atoms with van der Waals surface area (Å²) in [4.78, 5) is 27.3. The average molecular weight is 486 g/mol. The van der Waals surface area contributed by atoms with Crippen LogP contribution in [0.15, 0.2) is 48.8 Å². The molecule has 4 unspecified atom stereocenters. The van der Waals surface area contributed by atoms with Crippen molar-refractivity contribution < 1.29 is 14.3 Å². The van der Waals surface area contributed by atoms with Crippen molar-refractivity contribution in [1.82, 2.24) is 20.2 Å². The van der Waals surface area contributed by atoms with E-state index in [4.69, 9.17) is 9.47 Å². The fraction of sp³-hybridized carbons (Fsp3) is 0.464. The summed E-state index contributed by atoms with van der Waals surface area (Å²) < 4.78 is 11.5. The zero-order valence-electron chi connectivity index (χ0n) is 20.3. The van der Waals surface area contributed by atoms with Gasteiger partial charge in [0.25, 0.3) is 0 Å². The van der Waals surface area contributed by atoms with Crippen molar-refractivity contribution >= 4 is 22.6 Å². The average Bonchev–Trinajstić information content (AvgIpc) is 3.60. The molecule has 4 aliphatic rings. The Labute approximate surface area is 210 Å². The van der Waals surface area contributed by atoms with Gasteiger partial charge in [-0.1, -0.05) is 6.07 Å². The number of nitrogens with zero attached hydrogens (tertiary/aromatic N) is 4. The Bertz CT molecular complexity index is 1290. The maximum Gasteiger partial charge on any atom is 0.225 e. The molecule has 4 aliphatic heterocycles. The van der Waals surface area contributed by atoms with Gasteiger partial charge in [-0.3, -0.25) is 19.7 Å². The first-order chi connectivity index (χ1) is 17.7. The molecule has 0 bridgehead atoms. The number of benzene rings is 2. The molecule has 0 radical (unpaired) electrons. The minimum Gasteiger partial charge on any atom is -0.486 e. The number of fused-ring (bicyclic) bond motifs is 3. The fourth-order valence-corrected chi connectivity index (χ4v) is 6.69. The smallest absolute Gasteiger partial charge is 0.225 e. The normalized spacial score (nSPS) is 27.8. The maximum absolute atomic E-state index is 13.4. The highest BCUT2D eigenvalue weighted by Gasteiger charge is 2.51. The van der Waals surface area contributed by atoms with Gasteiger partial charge in [0.15, 0.2) is 11.5 Å². The number of likely N-dealkylation sites (tertiary alicyclic amines) is 1. The molecule has 0 saturated carbocycles. The van der Waals surface area contributed by atoms with Crippen LogP contribution in [-0.4, -0.2) is 72.3 Å². The number of amides is 1. The second kappa shape index (κ2) is 8.92. The minimum absolute atomic E-state index is 0.00956. The third kappa shape index (κ3) is 3.84. The maximum atomic E-state index is 13.4. The quantitative estimate of drug-likeness (QED) is 0.609. The molecule has 4 atom stereocenters. The van der Waals surface area contributed by atoms with Crippen LogP contribution in [0.1, 0.15) is 18.4 Å². The number of hydrogen-bond acceptors (Lipinski definition) is 7. The summed E-state index contributed by atoms with van der Waals surface area (Å²) in [5.41, 5.74) is 4.08. The summed E-state index contributed by atoms with van der Waals surface area (Å²) in [5.74, 6) is 2.07. The number of aromatic nitrogens is 2. The third-order valence-corrected chi connectivity index (χ3v) is 8.32. The minimum atomic E-state index is -0.00956. The number of carbonyl (C=O) groups is 1. The number of anilines is 1. The summed E-state index contributed by atoms with van der Waals surface area (Å²) in [6, 6.07) is 12.8. The van der Waals surface area contributed by atoms with Gasteiger partial charge in [0, 0.05) is 49.2 Å². The van der Waals surface area contributed by atoms with Crippen LogP contribution in [0.5, 0.6) is 11.5 Å². The molecule has 7 rings (SSSR count). The van der Waals surface area contributed by atoms with Crippen molar-refractivity contribution in [1.29, 1.82) is 0 Å². The zero-order valence-corrected chi connectivity index (χ0v) is 20.3. The van der Waals surface area contributed by atoms with Crippen molar-refractivity contribution in [2.24, 2.45) is 11.8 Å². The van der Waals surface area contributed by atoms with Gasteiger partial charge in [-0.25, -0.2) is 0 Å². The molecule has 3 aromatic rings. The molecule has 3 fully saturated rings. The van der Waals surface area contributed by atoms with Crippen molar-refractivity contribution in [2.75, 3.05) is 44.3 Å². The van der Waals surface area contributed by atoms with E-state index in [1.165, 1.54) is 18.4 Å². The van der Waals surface area contributed by atoms with Crippen LogP contribution in [0, 0.1) is 11.8 Å². The molecular formula is C28H31N5O3. The van der Waals surface area contributed by atoms with Crippen molar-refractivity contribution in [3.63, 3.8) is 0 Å². The van der Waals surface area contributed by atoms with E-state index in [-0.39, 0.29) is 23.8 Å². The van der Waals surface area contributed by atoms with Crippen molar-refractivity contribution in [2.45, 2.75) is 31.3 Å². The predicted molar refractivity (Wildman–Crippen MR) is 136 cm³/mol. The van der Waals surface area contributed by atoms with Crippen molar-refractivity contribution in [3.8, 4) is 11.5 Å².